The summed E-state index contributed by atoms with van der Waals surface area (Å²) in [6.45, 7) is 2.08. The highest BCUT2D eigenvalue weighted by molar-refractivity contribution is 9.10. The Morgan fingerprint density at radius 2 is 1.85 bits per heavy atom. The zero-order valence-electron chi connectivity index (χ0n) is 11.8. The van der Waals surface area contributed by atoms with Gasteiger partial charge in [-0.3, -0.25) is 0 Å². The van der Waals surface area contributed by atoms with Crippen molar-refractivity contribution in [1.82, 2.24) is 5.32 Å². The van der Waals surface area contributed by atoms with Crippen LogP contribution in [0.4, 0.5) is 4.39 Å². The maximum absolute atomic E-state index is 14.1. The molecule has 0 aliphatic rings. The van der Waals surface area contributed by atoms with E-state index in [1.54, 1.807) is 6.07 Å². The van der Waals surface area contributed by atoms with Gasteiger partial charge >= 0.3 is 0 Å². The van der Waals surface area contributed by atoms with Gasteiger partial charge in [0, 0.05) is 11.6 Å². The normalized spacial score (nSPS) is 12.4. The van der Waals surface area contributed by atoms with Crippen LogP contribution in [-0.2, 0) is 6.42 Å². The van der Waals surface area contributed by atoms with E-state index in [1.165, 1.54) is 11.1 Å². The molecule has 1 atom stereocenters. The average molecular weight is 336 g/mol. The molecule has 2 aromatic carbocycles. The van der Waals surface area contributed by atoms with Crippen LogP contribution < -0.4 is 5.32 Å². The molecule has 0 aliphatic carbocycles. The lowest BCUT2D eigenvalue weighted by Gasteiger charge is -2.18. The first-order valence-corrected chi connectivity index (χ1v) is 7.58. The van der Waals surface area contributed by atoms with Gasteiger partial charge in [0.25, 0.3) is 0 Å². The van der Waals surface area contributed by atoms with Gasteiger partial charge in [0.05, 0.1) is 4.47 Å². The monoisotopic (exact) mass is 335 g/mol. The van der Waals surface area contributed by atoms with Crippen LogP contribution in [-0.4, -0.2) is 7.05 Å². The van der Waals surface area contributed by atoms with E-state index in [0.29, 0.717) is 10.0 Å². The highest BCUT2D eigenvalue weighted by Gasteiger charge is 2.15. The zero-order chi connectivity index (χ0) is 14.5. The highest BCUT2D eigenvalue weighted by Crippen LogP contribution is 2.26. The summed E-state index contributed by atoms with van der Waals surface area (Å²) in [5.74, 6) is -0.171. The molecule has 0 aliphatic heterocycles. The second-order valence-corrected chi connectivity index (χ2v) is 5.86. The van der Waals surface area contributed by atoms with E-state index in [2.05, 4.69) is 52.4 Å². The molecule has 20 heavy (non-hydrogen) atoms. The van der Waals surface area contributed by atoms with E-state index in [4.69, 9.17) is 0 Å². The minimum atomic E-state index is -0.171. The molecule has 0 fully saturated rings. The van der Waals surface area contributed by atoms with Gasteiger partial charge in [-0.1, -0.05) is 42.0 Å². The molecule has 1 nitrogen and oxygen atoms in total. The van der Waals surface area contributed by atoms with Crippen molar-refractivity contribution in [3.05, 3.63) is 69.4 Å². The van der Waals surface area contributed by atoms with Gasteiger partial charge in [-0.15, -0.1) is 0 Å². The van der Waals surface area contributed by atoms with E-state index in [9.17, 15) is 4.39 Å². The molecule has 2 rings (SSSR count). The Bertz CT molecular complexity index is 566. The molecule has 0 aromatic heterocycles. The fraction of sp³-hybridized carbons (Fsp3) is 0.294. The lowest BCUT2D eigenvalue weighted by molar-refractivity contribution is 0.506. The Morgan fingerprint density at radius 3 is 2.50 bits per heavy atom. The summed E-state index contributed by atoms with van der Waals surface area (Å²) < 4.78 is 14.6. The Kier molecular flexibility index (Phi) is 5.32. The summed E-state index contributed by atoms with van der Waals surface area (Å²) in [5, 5.41) is 3.21. The number of halogens is 2. The SMILES string of the molecule is CNC(CCc1ccc(C)cc1)c1cccc(Br)c1F. The minimum absolute atomic E-state index is 0.0220. The number of nitrogens with one attached hydrogen (secondary N) is 1. The first-order chi connectivity index (χ1) is 9.61. The van der Waals surface area contributed by atoms with E-state index < -0.39 is 0 Å². The lowest BCUT2D eigenvalue weighted by Crippen LogP contribution is -2.18. The Balaban J connectivity index is 2.09. The molecular formula is C17H19BrFN. The van der Waals surface area contributed by atoms with E-state index >= 15 is 0 Å². The largest absolute Gasteiger partial charge is 0.313 e. The van der Waals surface area contributed by atoms with Gasteiger partial charge in [0.1, 0.15) is 5.82 Å². The smallest absolute Gasteiger partial charge is 0.142 e. The molecule has 1 unspecified atom stereocenters. The molecule has 106 valence electrons. The second-order valence-electron chi connectivity index (χ2n) is 5.01. The van der Waals surface area contributed by atoms with Crippen molar-refractivity contribution in [3.8, 4) is 0 Å². The summed E-state index contributed by atoms with van der Waals surface area (Å²) in [4.78, 5) is 0. The quantitative estimate of drug-likeness (QED) is 0.828. The molecule has 0 saturated heterocycles. The van der Waals surface area contributed by atoms with Crippen LogP contribution in [0.1, 0.15) is 29.2 Å². The van der Waals surface area contributed by atoms with Crippen LogP contribution >= 0.6 is 15.9 Å². The molecule has 0 radical (unpaired) electrons. The molecule has 1 N–H and O–H groups in total. The fourth-order valence-corrected chi connectivity index (χ4v) is 2.69. The van der Waals surface area contributed by atoms with E-state index in [0.717, 1.165) is 12.8 Å². The van der Waals surface area contributed by atoms with Crippen LogP contribution in [0.3, 0.4) is 0 Å². The summed E-state index contributed by atoms with van der Waals surface area (Å²) in [5.41, 5.74) is 3.26. The van der Waals surface area contributed by atoms with Crippen molar-refractivity contribution in [2.75, 3.05) is 7.05 Å². The zero-order valence-corrected chi connectivity index (χ0v) is 13.4. The standard InChI is InChI=1S/C17H19BrFN/c1-12-6-8-13(9-7-12)10-11-16(20-2)14-4-3-5-15(18)17(14)19/h3-9,16,20H,10-11H2,1-2H3. The minimum Gasteiger partial charge on any atom is -0.313 e. The van der Waals surface area contributed by atoms with Gasteiger partial charge < -0.3 is 5.32 Å². The van der Waals surface area contributed by atoms with Gasteiger partial charge in [-0.2, -0.15) is 0 Å². The molecule has 0 heterocycles. The number of hydrogen-bond donors (Lipinski definition) is 1. The number of rotatable bonds is 5. The molecule has 0 bridgehead atoms. The van der Waals surface area contributed by atoms with E-state index in [-0.39, 0.29) is 11.9 Å². The number of benzene rings is 2. The Morgan fingerprint density at radius 1 is 1.15 bits per heavy atom. The Hall–Kier alpha value is -1.19. The van der Waals surface area contributed by atoms with Crippen molar-refractivity contribution in [3.63, 3.8) is 0 Å². The third-order valence-electron chi connectivity index (χ3n) is 3.55. The van der Waals surface area contributed by atoms with Crippen molar-refractivity contribution in [2.24, 2.45) is 0 Å². The van der Waals surface area contributed by atoms with Gasteiger partial charge in [-0.05, 0) is 54.4 Å². The van der Waals surface area contributed by atoms with Crippen molar-refractivity contribution in [2.45, 2.75) is 25.8 Å². The molecule has 0 spiro atoms. The topological polar surface area (TPSA) is 12.0 Å². The first-order valence-electron chi connectivity index (χ1n) is 6.78. The highest BCUT2D eigenvalue weighted by atomic mass is 79.9. The van der Waals surface area contributed by atoms with Gasteiger partial charge in [-0.25, -0.2) is 4.39 Å². The van der Waals surface area contributed by atoms with Crippen molar-refractivity contribution >= 4 is 15.9 Å². The third-order valence-corrected chi connectivity index (χ3v) is 4.16. The fourth-order valence-electron chi connectivity index (χ4n) is 2.31. The summed E-state index contributed by atoms with van der Waals surface area (Å²) in [6.07, 6.45) is 1.80. The van der Waals surface area contributed by atoms with E-state index in [1.807, 2.05) is 19.2 Å². The summed E-state index contributed by atoms with van der Waals surface area (Å²) in [6, 6.07) is 14.0. The lowest BCUT2D eigenvalue weighted by atomic mass is 9.98. The van der Waals surface area contributed by atoms with Crippen molar-refractivity contribution in [1.29, 1.82) is 0 Å². The molecule has 0 amide bonds. The molecule has 2 aromatic rings. The average Bonchev–Trinajstić information content (AvgIpc) is 2.45. The Labute approximate surface area is 128 Å². The molecule has 3 heteroatoms. The second kappa shape index (κ2) is 7.00. The van der Waals surface area contributed by atoms with Crippen LogP contribution in [0, 0.1) is 12.7 Å². The molecular weight excluding hydrogens is 317 g/mol. The predicted octanol–water partition coefficient (Wildman–Crippen LogP) is 4.79. The maximum Gasteiger partial charge on any atom is 0.142 e. The van der Waals surface area contributed by atoms with Gasteiger partial charge in [0.2, 0.25) is 0 Å². The summed E-state index contributed by atoms with van der Waals surface area (Å²) >= 11 is 3.24. The first kappa shape index (κ1) is 15.2. The van der Waals surface area contributed by atoms with Crippen LogP contribution in [0.15, 0.2) is 46.9 Å². The molecule has 0 saturated carbocycles. The summed E-state index contributed by atoms with van der Waals surface area (Å²) in [7, 11) is 1.88. The predicted molar refractivity (Wildman–Crippen MR) is 85.4 cm³/mol. The maximum atomic E-state index is 14.1. The third kappa shape index (κ3) is 3.68. The van der Waals surface area contributed by atoms with Crippen LogP contribution in [0.25, 0.3) is 0 Å². The van der Waals surface area contributed by atoms with Crippen molar-refractivity contribution < 1.29 is 4.39 Å². The number of hydrogen-bond acceptors (Lipinski definition) is 1. The van der Waals surface area contributed by atoms with Crippen LogP contribution in [0.5, 0.6) is 0 Å². The van der Waals surface area contributed by atoms with Gasteiger partial charge in [0.15, 0.2) is 0 Å². The number of aryl methyl sites for hydroxylation is 2. The van der Waals surface area contributed by atoms with Crippen LogP contribution in [0.2, 0.25) is 0 Å².